The van der Waals surface area contributed by atoms with E-state index in [0.29, 0.717) is 5.39 Å². The lowest BCUT2D eigenvalue weighted by Crippen LogP contribution is -2.61. The van der Waals surface area contributed by atoms with Crippen LogP contribution in [-0.4, -0.2) is 58.5 Å². The van der Waals surface area contributed by atoms with Crippen LogP contribution in [-0.2, 0) is 20.8 Å². The molecule has 2 aromatic rings. The topological polar surface area (TPSA) is 135 Å². The normalized spacial score (nSPS) is 22.8. The van der Waals surface area contributed by atoms with Gasteiger partial charge in [-0.25, -0.2) is 4.39 Å². The predicted molar refractivity (Wildman–Crippen MR) is 139 cm³/mol. The van der Waals surface area contributed by atoms with Crippen molar-refractivity contribution in [3.63, 3.8) is 0 Å². The van der Waals surface area contributed by atoms with Crippen LogP contribution >= 0.6 is 0 Å². The summed E-state index contributed by atoms with van der Waals surface area (Å²) < 4.78 is 52.6. The average molecular weight is 578 g/mol. The van der Waals surface area contributed by atoms with E-state index in [0.717, 1.165) is 6.07 Å². The zero-order chi connectivity index (χ0) is 30.7. The number of amides is 3. The first-order valence-corrected chi connectivity index (χ1v) is 13.1. The molecule has 1 aromatic carbocycles. The van der Waals surface area contributed by atoms with Gasteiger partial charge >= 0.3 is 12.1 Å². The Bertz CT molecular complexity index is 1500. The van der Waals surface area contributed by atoms with E-state index in [1.54, 1.807) is 5.32 Å². The first kappa shape index (κ1) is 30.0. The van der Waals surface area contributed by atoms with Crippen molar-refractivity contribution in [2.45, 2.75) is 65.3 Å². The van der Waals surface area contributed by atoms with Gasteiger partial charge in [-0.05, 0) is 52.3 Å². The fourth-order valence-electron chi connectivity index (χ4n) is 5.82. The van der Waals surface area contributed by atoms with E-state index in [2.05, 4.69) is 10.3 Å². The number of alkyl halides is 3. The van der Waals surface area contributed by atoms with Gasteiger partial charge in [-0.1, -0.05) is 34.6 Å². The Balaban J connectivity index is 1.57. The van der Waals surface area contributed by atoms with Crippen LogP contribution in [0.5, 0.6) is 0 Å². The van der Waals surface area contributed by atoms with Crippen molar-refractivity contribution in [2.75, 3.05) is 6.54 Å². The lowest BCUT2D eigenvalue weighted by atomic mass is 9.85. The van der Waals surface area contributed by atoms with Gasteiger partial charge in [-0.15, -0.1) is 0 Å². The molecule has 2 fully saturated rings. The van der Waals surface area contributed by atoms with Gasteiger partial charge in [0, 0.05) is 18.5 Å². The minimum absolute atomic E-state index is 0.0984. The first-order valence-electron chi connectivity index (χ1n) is 13.1. The third kappa shape index (κ3) is 5.78. The van der Waals surface area contributed by atoms with Gasteiger partial charge in [0.25, 0.3) is 5.56 Å². The van der Waals surface area contributed by atoms with E-state index in [9.17, 15) is 42.0 Å². The summed E-state index contributed by atoms with van der Waals surface area (Å²) in [4.78, 5) is 55.3. The summed E-state index contributed by atoms with van der Waals surface area (Å²) in [5, 5.41) is 14.7. The maximum absolute atomic E-state index is 13.6. The number of pyridine rings is 1. The lowest BCUT2D eigenvalue weighted by Gasteiger charge is -2.37. The Morgan fingerprint density at radius 1 is 1.17 bits per heavy atom. The van der Waals surface area contributed by atoms with Gasteiger partial charge < -0.3 is 20.5 Å². The Morgan fingerprint density at radius 2 is 1.83 bits per heavy atom. The largest absolute Gasteiger partial charge is 0.471 e. The van der Waals surface area contributed by atoms with Gasteiger partial charge in [0.1, 0.15) is 23.9 Å². The number of piperidine rings is 1. The number of nitriles is 1. The highest BCUT2D eigenvalue weighted by molar-refractivity contribution is 5.95. The quantitative estimate of drug-likeness (QED) is 0.454. The third-order valence-corrected chi connectivity index (χ3v) is 8.19. The molecule has 0 bridgehead atoms. The van der Waals surface area contributed by atoms with Crippen LogP contribution in [0.3, 0.4) is 0 Å². The molecule has 1 aliphatic heterocycles. The molecule has 0 spiro atoms. The minimum atomic E-state index is -5.20. The average Bonchev–Trinajstić information content (AvgIpc) is 3.18. The number of H-pyrrole nitrogens is 1. The summed E-state index contributed by atoms with van der Waals surface area (Å²) in [5.74, 6) is -4.73. The molecule has 1 aromatic heterocycles. The first-order chi connectivity index (χ1) is 18.9. The van der Waals surface area contributed by atoms with Crippen LogP contribution in [0.1, 0.15) is 40.2 Å². The highest BCUT2D eigenvalue weighted by atomic mass is 19.4. The van der Waals surface area contributed by atoms with Gasteiger partial charge in [0.05, 0.1) is 11.6 Å². The number of nitrogens with zero attached hydrogens (tertiary/aromatic N) is 2. The van der Waals surface area contributed by atoms with E-state index in [1.807, 2.05) is 19.9 Å². The fraction of sp³-hybridized carbons (Fsp3) is 0.536. The molecule has 1 saturated heterocycles. The molecule has 41 heavy (non-hydrogen) atoms. The lowest BCUT2D eigenvalue weighted by molar-refractivity contribution is -0.176. The van der Waals surface area contributed by atoms with E-state index in [-0.39, 0.29) is 41.3 Å². The second-order valence-electron chi connectivity index (χ2n) is 12.4. The van der Waals surface area contributed by atoms with Crippen LogP contribution < -0.4 is 16.2 Å². The van der Waals surface area contributed by atoms with Gasteiger partial charge in [0.2, 0.25) is 11.8 Å². The molecule has 1 unspecified atom stereocenters. The van der Waals surface area contributed by atoms with Crippen LogP contribution in [0.25, 0.3) is 10.9 Å². The maximum atomic E-state index is 13.6. The molecule has 220 valence electrons. The standard InChI is InChI=1S/C28H31F4N5O4/c1-26(2,3)21(36-25(41)28(30,31)32)24(40)37-12-17-19(27(17,4)5)20(37)23(39)34-16(11-33)9-14-8-13-6-7-15(29)10-18(13)35-22(14)38/h6-8,10,16-17,19-21H,9,12H2,1-5H3,(H,34,39)(H,35,38)(H,36,41)/t16?,17-,19-,20-,21+/m0/s1. The fourth-order valence-corrected chi connectivity index (χ4v) is 5.82. The van der Waals surface area contributed by atoms with E-state index in [4.69, 9.17) is 0 Å². The van der Waals surface area contributed by atoms with Crippen LogP contribution in [0, 0.1) is 39.8 Å². The SMILES string of the molecule is CC(C)(C)[C@H](NC(=O)C(F)(F)F)C(=O)N1C[C@H]2[C@@H]([C@H]1C(=O)NC(C#N)Cc1cc3ccc(F)cc3[nH]c1=O)C2(C)C. The number of halogens is 4. The molecule has 1 aliphatic carbocycles. The highest BCUT2D eigenvalue weighted by Crippen LogP contribution is 2.65. The Kier molecular flexibility index (Phi) is 7.43. The zero-order valence-corrected chi connectivity index (χ0v) is 23.1. The third-order valence-electron chi connectivity index (χ3n) is 8.19. The molecule has 13 heteroatoms. The number of hydrogen-bond donors (Lipinski definition) is 3. The molecule has 2 heterocycles. The second kappa shape index (κ2) is 10.2. The number of carbonyl (C=O) groups is 3. The number of hydrogen-bond acceptors (Lipinski definition) is 5. The monoisotopic (exact) mass is 577 g/mol. The number of fused-ring (bicyclic) bond motifs is 2. The molecule has 0 radical (unpaired) electrons. The van der Waals surface area contributed by atoms with Crippen LogP contribution in [0.15, 0.2) is 29.1 Å². The Hall–Kier alpha value is -3.95. The second-order valence-corrected chi connectivity index (χ2v) is 12.4. The number of likely N-dealkylation sites (tertiary alicyclic amines) is 1. The summed E-state index contributed by atoms with van der Waals surface area (Å²) in [6, 6.07) is 3.43. The molecular weight excluding hydrogens is 546 g/mol. The molecule has 2 aliphatic rings. The summed E-state index contributed by atoms with van der Waals surface area (Å²) in [6.45, 7) is 8.43. The maximum Gasteiger partial charge on any atom is 0.471 e. The summed E-state index contributed by atoms with van der Waals surface area (Å²) in [7, 11) is 0. The molecule has 9 nitrogen and oxygen atoms in total. The Morgan fingerprint density at radius 3 is 2.41 bits per heavy atom. The van der Waals surface area contributed by atoms with Crippen molar-refractivity contribution in [3.05, 3.63) is 46.0 Å². The van der Waals surface area contributed by atoms with Crippen molar-refractivity contribution in [1.82, 2.24) is 20.5 Å². The van der Waals surface area contributed by atoms with Crippen molar-refractivity contribution in [3.8, 4) is 6.07 Å². The molecule has 3 N–H and O–H groups in total. The summed E-state index contributed by atoms with van der Waals surface area (Å²) >= 11 is 0. The van der Waals surface area contributed by atoms with Crippen molar-refractivity contribution >= 4 is 28.6 Å². The Labute approximate surface area is 233 Å². The number of nitrogens with one attached hydrogen (secondary N) is 3. The van der Waals surface area contributed by atoms with Crippen molar-refractivity contribution < 1.29 is 31.9 Å². The van der Waals surface area contributed by atoms with Crippen molar-refractivity contribution in [2.24, 2.45) is 22.7 Å². The van der Waals surface area contributed by atoms with E-state index >= 15 is 0 Å². The van der Waals surface area contributed by atoms with E-state index < -0.39 is 58.8 Å². The summed E-state index contributed by atoms with van der Waals surface area (Å²) in [6.07, 6.45) is -5.39. The highest BCUT2D eigenvalue weighted by Gasteiger charge is 2.70. The van der Waals surface area contributed by atoms with E-state index in [1.165, 1.54) is 43.9 Å². The number of aromatic nitrogens is 1. The van der Waals surface area contributed by atoms with Crippen LogP contribution in [0.4, 0.5) is 17.6 Å². The smallest absolute Gasteiger partial charge is 0.338 e. The number of carbonyl (C=O) groups excluding carboxylic acids is 3. The molecule has 3 amide bonds. The van der Waals surface area contributed by atoms with Crippen molar-refractivity contribution in [1.29, 1.82) is 5.26 Å². The molecule has 4 rings (SSSR count). The zero-order valence-electron chi connectivity index (χ0n) is 23.1. The molecule has 1 saturated carbocycles. The molecular formula is C28H31F4N5O4. The van der Waals surface area contributed by atoms with Gasteiger partial charge in [-0.2, -0.15) is 18.4 Å². The van der Waals surface area contributed by atoms with Gasteiger partial charge in [-0.3, -0.25) is 19.2 Å². The number of rotatable bonds is 6. The minimum Gasteiger partial charge on any atom is -0.338 e. The number of aromatic amines is 1. The predicted octanol–water partition coefficient (Wildman–Crippen LogP) is 2.79. The summed E-state index contributed by atoms with van der Waals surface area (Å²) in [5.41, 5.74) is -1.58. The molecule has 5 atom stereocenters. The van der Waals surface area contributed by atoms with Crippen LogP contribution in [0.2, 0.25) is 0 Å². The number of benzene rings is 1. The van der Waals surface area contributed by atoms with Gasteiger partial charge in [0.15, 0.2) is 0 Å².